The van der Waals surface area contributed by atoms with E-state index < -0.39 is 17.1 Å². The lowest BCUT2D eigenvalue weighted by atomic mass is 9.97. The summed E-state index contributed by atoms with van der Waals surface area (Å²) >= 11 is 4.98. The summed E-state index contributed by atoms with van der Waals surface area (Å²) in [7, 11) is 0. The van der Waals surface area contributed by atoms with Gasteiger partial charge in [0.15, 0.2) is 0 Å². The van der Waals surface area contributed by atoms with Gasteiger partial charge in [-0.3, -0.25) is 0 Å². The van der Waals surface area contributed by atoms with Gasteiger partial charge in [0, 0.05) is 11.6 Å². The molecule has 1 amide bonds. The van der Waals surface area contributed by atoms with E-state index in [2.05, 4.69) is 4.74 Å². The lowest BCUT2D eigenvalue weighted by molar-refractivity contribution is -0.0699. The maximum absolute atomic E-state index is 10.3. The van der Waals surface area contributed by atoms with E-state index >= 15 is 0 Å². The monoisotopic (exact) mass is 193 g/mol. The van der Waals surface area contributed by atoms with Crippen LogP contribution in [0.3, 0.4) is 0 Å². The summed E-state index contributed by atoms with van der Waals surface area (Å²) in [6, 6.07) is 0. The Balaban J connectivity index is 2.40. The van der Waals surface area contributed by atoms with Crippen LogP contribution in [0.25, 0.3) is 0 Å². The maximum Gasteiger partial charge on any atom is 0.407 e. The third-order valence-electron chi connectivity index (χ3n) is 1.65. The van der Waals surface area contributed by atoms with E-state index in [0.717, 1.165) is 4.90 Å². The Morgan fingerprint density at radius 1 is 1.58 bits per heavy atom. The number of carboxylic acid groups (broad SMARTS) is 1. The summed E-state index contributed by atoms with van der Waals surface area (Å²) in [6.07, 6.45) is -1.02. The largest absolute Gasteiger partial charge is 0.465 e. The second-order valence-corrected chi connectivity index (χ2v) is 3.24. The molecule has 0 aromatic heterocycles. The number of ether oxygens (including phenoxy) is 1. The first-order valence-corrected chi connectivity index (χ1v) is 3.67. The van der Waals surface area contributed by atoms with Gasteiger partial charge >= 0.3 is 11.5 Å². The molecule has 0 aromatic rings. The van der Waals surface area contributed by atoms with Gasteiger partial charge in [-0.05, 0) is 6.92 Å². The van der Waals surface area contributed by atoms with Crippen molar-refractivity contribution in [3.05, 3.63) is 0 Å². The van der Waals surface area contributed by atoms with Gasteiger partial charge in [-0.15, -0.1) is 0 Å². The molecule has 1 saturated heterocycles. The fourth-order valence-corrected chi connectivity index (χ4v) is 1.34. The van der Waals surface area contributed by atoms with Crippen molar-refractivity contribution in [1.82, 2.24) is 4.90 Å². The number of carbonyl (C=O) groups is 2. The summed E-state index contributed by atoms with van der Waals surface area (Å²) in [5.41, 5.74) is -1.64. The summed E-state index contributed by atoms with van der Waals surface area (Å²) in [5.74, 6) is 0. The third-order valence-corrected chi connectivity index (χ3v) is 1.72. The molecule has 0 radical (unpaired) electrons. The van der Waals surface area contributed by atoms with Crippen LogP contribution >= 0.6 is 11.6 Å². The van der Waals surface area contributed by atoms with Crippen molar-refractivity contribution >= 4 is 23.1 Å². The van der Waals surface area contributed by atoms with Crippen LogP contribution in [-0.4, -0.2) is 40.2 Å². The van der Waals surface area contributed by atoms with E-state index in [-0.39, 0.29) is 13.1 Å². The minimum Gasteiger partial charge on any atom is -0.465 e. The quantitative estimate of drug-likeness (QED) is 0.634. The van der Waals surface area contributed by atoms with Crippen LogP contribution in [0, 0.1) is 0 Å². The van der Waals surface area contributed by atoms with Crippen molar-refractivity contribution in [2.24, 2.45) is 0 Å². The Bertz CT molecular complexity index is 224. The van der Waals surface area contributed by atoms with Crippen molar-refractivity contribution < 1.29 is 19.4 Å². The van der Waals surface area contributed by atoms with E-state index in [4.69, 9.17) is 16.7 Å². The standard InChI is InChI=1S/C6H8ClNO4/c1-6(12-4(7)9)2-8(3-6)5(10)11/h2-3H2,1H3,(H,10,11). The Morgan fingerprint density at radius 2 is 2.08 bits per heavy atom. The topological polar surface area (TPSA) is 66.8 Å². The molecule has 0 unspecified atom stereocenters. The minimum atomic E-state index is -1.02. The van der Waals surface area contributed by atoms with Crippen LogP contribution in [-0.2, 0) is 4.74 Å². The molecule has 0 aliphatic carbocycles. The van der Waals surface area contributed by atoms with Crippen LogP contribution in [0.2, 0.25) is 0 Å². The molecule has 6 heteroatoms. The highest BCUT2D eigenvalue weighted by Crippen LogP contribution is 2.25. The van der Waals surface area contributed by atoms with Crippen LogP contribution < -0.4 is 0 Å². The summed E-state index contributed by atoms with van der Waals surface area (Å²) in [6.45, 7) is 1.99. The fourth-order valence-electron chi connectivity index (χ4n) is 1.15. The van der Waals surface area contributed by atoms with Gasteiger partial charge in [-0.25, -0.2) is 9.59 Å². The second kappa shape index (κ2) is 2.82. The van der Waals surface area contributed by atoms with Gasteiger partial charge in [-0.1, -0.05) is 0 Å². The Labute approximate surface area is 73.9 Å². The van der Waals surface area contributed by atoms with E-state index in [1.807, 2.05) is 0 Å². The van der Waals surface area contributed by atoms with Crippen LogP contribution in [0.5, 0.6) is 0 Å². The number of likely N-dealkylation sites (tertiary alicyclic amines) is 1. The minimum absolute atomic E-state index is 0.181. The zero-order valence-electron chi connectivity index (χ0n) is 6.41. The summed E-state index contributed by atoms with van der Waals surface area (Å²) in [5, 5.41) is 8.45. The number of nitrogens with zero attached hydrogens (tertiary/aromatic N) is 1. The van der Waals surface area contributed by atoms with Crippen molar-refractivity contribution in [2.45, 2.75) is 12.5 Å². The molecule has 5 nitrogen and oxygen atoms in total. The summed E-state index contributed by atoms with van der Waals surface area (Å²) in [4.78, 5) is 21.8. The van der Waals surface area contributed by atoms with Crippen molar-refractivity contribution in [1.29, 1.82) is 0 Å². The molecule has 12 heavy (non-hydrogen) atoms. The predicted molar refractivity (Wildman–Crippen MR) is 40.3 cm³/mol. The van der Waals surface area contributed by atoms with Gasteiger partial charge < -0.3 is 14.7 Å². The molecule has 1 heterocycles. The van der Waals surface area contributed by atoms with Crippen molar-refractivity contribution in [3.63, 3.8) is 0 Å². The number of halogens is 1. The van der Waals surface area contributed by atoms with Gasteiger partial charge in [0.25, 0.3) is 0 Å². The molecule has 68 valence electrons. The van der Waals surface area contributed by atoms with Crippen LogP contribution in [0.1, 0.15) is 6.92 Å². The average molecular weight is 194 g/mol. The Hall–Kier alpha value is -0.970. The van der Waals surface area contributed by atoms with Gasteiger partial charge in [0.2, 0.25) is 0 Å². The second-order valence-electron chi connectivity index (χ2n) is 2.93. The highest BCUT2D eigenvalue weighted by atomic mass is 35.5. The molecular formula is C6H8ClNO4. The molecule has 0 aromatic carbocycles. The van der Waals surface area contributed by atoms with Crippen LogP contribution in [0.15, 0.2) is 0 Å². The lowest BCUT2D eigenvalue weighted by Gasteiger charge is -2.44. The number of hydrogen-bond donors (Lipinski definition) is 1. The first-order valence-electron chi connectivity index (χ1n) is 3.29. The van der Waals surface area contributed by atoms with E-state index in [0.29, 0.717) is 0 Å². The zero-order valence-corrected chi connectivity index (χ0v) is 7.17. The fraction of sp³-hybridized carbons (Fsp3) is 0.667. The lowest BCUT2D eigenvalue weighted by Crippen LogP contribution is -2.63. The number of amides is 1. The molecule has 0 spiro atoms. The van der Waals surface area contributed by atoms with E-state index in [1.165, 1.54) is 0 Å². The molecule has 1 aliphatic rings. The molecule has 0 atom stereocenters. The molecule has 1 rings (SSSR count). The SMILES string of the molecule is CC1(OC(=O)Cl)CN(C(=O)O)C1. The van der Waals surface area contributed by atoms with E-state index in [1.54, 1.807) is 6.92 Å². The highest BCUT2D eigenvalue weighted by molar-refractivity contribution is 6.61. The van der Waals surface area contributed by atoms with Crippen molar-refractivity contribution in [2.75, 3.05) is 13.1 Å². The number of hydrogen-bond acceptors (Lipinski definition) is 3. The predicted octanol–water partition coefficient (Wildman–Crippen LogP) is 1.11. The van der Waals surface area contributed by atoms with Gasteiger partial charge in [0.05, 0.1) is 13.1 Å². The van der Waals surface area contributed by atoms with Crippen LogP contribution in [0.4, 0.5) is 9.59 Å². The van der Waals surface area contributed by atoms with E-state index in [9.17, 15) is 9.59 Å². The van der Waals surface area contributed by atoms with Gasteiger partial charge in [-0.2, -0.15) is 0 Å². The molecular weight excluding hydrogens is 186 g/mol. The molecule has 0 saturated carbocycles. The number of carbonyl (C=O) groups excluding carboxylic acids is 1. The molecule has 1 N–H and O–H groups in total. The molecule has 1 aliphatic heterocycles. The van der Waals surface area contributed by atoms with Crippen molar-refractivity contribution in [3.8, 4) is 0 Å². The zero-order chi connectivity index (χ0) is 9.35. The van der Waals surface area contributed by atoms with Gasteiger partial charge in [0.1, 0.15) is 5.60 Å². The number of rotatable bonds is 1. The maximum atomic E-state index is 10.3. The first-order chi connectivity index (χ1) is 5.43. The molecule has 0 bridgehead atoms. The average Bonchev–Trinajstić information content (AvgIpc) is 1.80. The Kier molecular flexibility index (Phi) is 2.14. The smallest absolute Gasteiger partial charge is 0.407 e. The molecule has 1 fully saturated rings. The first kappa shape index (κ1) is 9.12. The normalized spacial score (nSPS) is 19.7. The summed E-state index contributed by atoms with van der Waals surface area (Å²) < 4.78 is 4.68. The third kappa shape index (κ3) is 1.79. The highest BCUT2D eigenvalue weighted by Gasteiger charge is 2.44. The Morgan fingerprint density at radius 3 is 2.42 bits per heavy atom.